The topological polar surface area (TPSA) is 49.8 Å². The average Bonchev–Trinajstić information content (AvgIpc) is 2.25. The van der Waals surface area contributed by atoms with Crippen molar-refractivity contribution in [3.05, 3.63) is 12.4 Å². The van der Waals surface area contributed by atoms with Crippen LogP contribution in [0.15, 0.2) is 12.4 Å². The van der Waals surface area contributed by atoms with Crippen LogP contribution in [0, 0.1) is 0 Å². The van der Waals surface area contributed by atoms with E-state index in [1.54, 1.807) is 12.4 Å². The Hall–Kier alpha value is -1.32. The van der Waals surface area contributed by atoms with Crippen molar-refractivity contribution in [2.75, 3.05) is 24.2 Å². The molecule has 0 aromatic carbocycles. The zero-order valence-corrected chi connectivity index (χ0v) is 8.88. The van der Waals surface area contributed by atoms with Crippen LogP contribution in [0.3, 0.4) is 0 Å². The molecule has 14 heavy (non-hydrogen) atoms. The molecule has 4 heteroatoms. The lowest BCUT2D eigenvalue weighted by atomic mass is 10.2. The van der Waals surface area contributed by atoms with E-state index in [1.165, 1.54) is 19.3 Å². The quantitative estimate of drug-likeness (QED) is 0.681. The summed E-state index contributed by atoms with van der Waals surface area (Å²) >= 11 is 0. The fraction of sp³-hybridized carbons (Fsp3) is 0.600. The molecule has 1 aromatic rings. The molecule has 1 rings (SSSR count). The number of hydrogen-bond donors (Lipinski definition) is 2. The van der Waals surface area contributed by atoms with Crippen molar-refractivity contribution >= 4 is 11.6 Å². The van der Waals surface area contributed by atoms with E-state index in [0.29, 0.717) is 0 Å². The highest BCUT2D eigenvalue weighted by molar-refractivity contribution is 5.40. The van der Waals surface area contributed by atoms with Crippen LogP contribution in [0.5, 0.6) is 0 Å². The molecule has 0 aliphatic rings. The van der Waals surface area contributed by atoms with Crippen molar-refractivity contribution in [1.82, 2.24) is 9.97 Å². The van der Waals surface area contributed by atoms with Gasteiger partial charge in [-0.25, -0.2) is 4.98 Å². The Labute approximate surface area is 85.2 Å². The van der Waals surface area contributed by atoms with E-state index >= 15 is 0 Å². The molecule has 0 unspecified atom stereocenters. The highest BCUT2D eigenvalue weighted by Crippen LogP contribution is 2.05. The van der Waals surface area contributed by atoms with Crippen molar-refractivity contribution < 1.29 is 0 Å². The molecule has 0 spiro atoms. The standard InChI is InChI=1S/C10H18N4/c1-3-4-5-6-13-10-8-12-7-9(11-2)14-10/h7-8H,3-6H2,1-2H3,(H2,11,13,14). The Bertz CT molecular complexity index is 262. The van der Waals surface area contributed by atoms with Gasteiger partial charge in [0.2, 0.25) is 0 Å². The maximum atomic E-state index is 4.30. The van der Waals surface area contributed by atoms with E-state index in [0.717, 1.165) is 18.2 Å². The molecule has 0 aliphatic heterocycles. The predicted octanol–water partition coefficient (Wildman–Crippen LogP) is 2.12. The second-order valence-corrected chi connectivity index (χ2v) is 3.17. The van der Waals surface area contributed by atoms with Gasteiger partial charge in [0.15, 0.2) is 0 Å². The summed E-state index contributed by atoms with van der Waals surface area (Å²) in [6.07, 6.45) is 7.13. The van der Waals surface area contributed by atoms with E-state index in [-0.39, 0.29) is 0 Å². The molecule has 0 atom stereocenters. The molecule has 0 saturated carbocycles. The van der Waals surface area contributed by atoms with E-state index in [4.69, 9.17) is 0 Å². The maximum Gasteiger partial charge on any atom is 0.146 e. The normalized spacial score (nSPS) is 9.86. The highest BCUT2D eigenvalue weighted by Gasteiger charge is 1.95. The molecule has 0 bridgehead atoms. The van der Waals surface area contributed by atoms with Gasteiger partial charge < -0.3 is 10.6 Å². The van der Waals surface area contributed by atoms with Crippen molar-refractivity contribution in [2.45, 2.75) is 26.2 Å². The third-order valence-corrected chi connectivity index (χ3v) is 1.98. The molecule has 78 valence electrons. The molecule has 4 nitrogen and oxygen atoms in total. The molecular weight excluding hydrogens is 176 g/mol. The van der Waals surface area contributed by atoms with Crippen LogP contribution < -0.4 is 10.6 Å². The number of aromatic nitrogens is 2. The third kappa shape index (κ3) is 3.60. The lowest BCUT2D eigenvalue weighted by Crippen LogP contribution is -2.05. The number of unbranched alkanes of at least 4 members (excludes halogenated alkanes) is 2. The highest BCUT2D eigenvalue weighted by atomic mass is 15.1. The van der Waals surface area contributed by atoms with E-state index in [9.17, 15) is 0 Å². The smallest absolute Gasteiger partial charge is 0.146 e. The summed E-state index contributed by atoms with van der Waals surface area (Å²) in [5.41, 5.74) is 0. The molecular formula is C10H18N4. The fourth-order valence-corrected chi connectivity index (χ4v) is 1.16. The zero-order chi connectivity index (χ0) is 10.2. The minimum Gasteiger partial charge on any atom is -0.372 e. The van der Waals surface area contributed by atoms with E-state index in [2.05, 4.69) is 27.5 Å². The summed E-state index contributed by atoms with van der Waals surface area (Å²) in [7, 11) is 1.84. The molecule has 0 amide bonds. The maximum absolute atomic E-state index is 4.30. The lowest BCUT2D eigenvalue weighted by Gasteiger charge is -2.05. The van der Waals surface area contributed by atoms with Crippen LogP contribution in [0.25, 0.3) is 0 Å². The van der Waals surface area contributed by atoms with Crippen LogP contribution in [0.2, 0.25) is 0 Å². The average molecular weight is 194 g/mol. The van der Waals surface area contributed by atoms with Crippen molar-refractivity contribution in [3.8, 4) is 0 Å². The van der Waals surface area contributed by atoms with Crippen LogP contribution in [0.1, 0.15) is 26.2 Å². The molecule has 0 saturated heterocycles. The first kappa shape index (κ1) is 10.8. The zero-order valence-electron chi connectivity index (χ0n) is 8.88. The lowest BCUT2D eigenvalue weighted by molar-refractivity contribution is 0.742. The summed E-state index contributed by atoms with van der Waals surface area (Å²) in [6, 6.07) is 0. The second-order valence-electron chi connectivity index (χ2n) is 3.17. The monoisotopic (exact) mass is 194 g/mol. The number of rotatable bonds is 6. The summed E-state index contributed by atoms with van der Waals surface area (Å²) in [5.74, 6) is 1.64. The first-order valence-corrected chi connectivity index (χ1v) is 5.10. The predicted molar refractivity (Wildman–Crippen MR) is 59.6 cm³/mol. The van der Waals surface area contributed by atoms with E-state index in [1.807, 2.05) is 7.05 Å². The molecule has 0 radical (unpaired) electrons. The van der Waals surface area contributed by atoms with Gasteiger partial charge in [-0.1, -0.05) is 19.8 Å². The summed E-state index contributed by atoms with van der Waals surface area (Å²) in [6.45, 7) is 3.16. The minimum absolute atomic E-state index is 0.797. The Morgan fingerprint density at radius 3 is 2.71 bits per heavy atom. The molecule has 2 N–H and O–H groups in total. The first-order valence-electron chi connectivity index (χ1n) is 5.10. The minimum atomic E-state index is 0.797. The first-order chi connectivity index (χ1) is 6.86. The van der Waals surface area contributed by atoms with Gasteiger partial charge in [0, 0.05) is 13.6 Å². The van der Waals surface area contributed by atoms with Crippen LogP contribution in [-0.2, 0) is 0 Å². The third-order valence-electron chi connectivity index (χ3n) is 1.98. The van der Waals surface area contributed by atoms with Crippen LogP contribution in [-0.4, -0.2) is 23.6 Å². The Kier molecular flexibility index (Phi) is 4.75. The summed E-state index contributed by atoms with van der Waals surface area (Å²) < 4.78 is 0. The van der Waals surface area contributed by atoms with Crippen molar-refractivity contribution in [1.29, 1.82) is 0 Å². The summed E-state index contributed by atoms with van der Waals surface area (Å²) in [4.78, 5) is 8.37. The Morgan fingerprint density at radius 1 is 1.21 bits per heavy atom. The van der Waals surface area contributed by atoms with E-state index < -0.39 is 0 Å². The molecule has 0 fully saturated rings. The van der Waals surface area contributed by atoms with Gasteiger partial charge >= 0.3 is 0 Å². The molecule has 1 heterocycles. The van der Waals surface area contributed by atoms with Gasteiger partial charge in [0.25, 0.3) is 0 Å². The van der Waals surface area contributed by atoms with Crippen molar-refractivity contribution in [2.24, 2.45) is 0 Å². The second kappa shape index (κ2) is 6.18. The van der Waals surface area contributed by atoms with Crippen molar-refractivity contribution in [3.63, 3.8) is 0 Å². The Balaban J connectivity index is 2.34. The number of nitrogens with one attached hydrogen (secondary N) is 2. The molecule has 0 aliphatic carbocycles. The summed E-state index contributed by atoms with van der Waals surface area (Å²) in [5, 5.41) is 6.20. The van der Waals surface area contributed by atoms with Gasteiger partial charge in [0.05, 0.1) is 12.4 Å². The van der Waals surface area contributed by atoms with Gasteiger partial charge in [-0.3, -0.25) is 4.98 Å². The number of nitrogens with zero attached hydrogens (tertiary/aromatic N) is 2. The van der Waals surface area contributed by atoms with Gasteiger partial charge in [-0.2, -0.15) is 0 Å². The molecule has 1 aromatic heterocycles. The Morgan fingerprint density at radius 2 is 2.00 bits per heavy atom. The van der Waals surface area contributed by atoms with Gasteiger partial charge in [0.1, 0.15) is 11.6 Å². The van der Waals surface area contributed by atoms with Crippen LogP contribution in [0.4, 0.5) is 11.6 Å². The fourth-order valence-electron chi connectivity index (χ4n) is 1.16. The van der Waals surface area contributed by atoms with Crippen LogP contribution >= 0.6 is 0 Å². The van der Waals surface area contributed by atoms with Gasteiger partial charge in [-0.15, -0.1) is 0 Å². The largest absolute Gasteiger partial charge is 0.372 e. The number of hydrogen-bond acceptors (Lipinski definition) is 4. The van der Waals surface area contributed by atoms with Gasteiger partial charge in [-0.05, 0) is 6.42 Å². The number of anilines is 2. The SMILES string of the molecule is CCCCCNc1cncc(NC)n1.